The lowest BCUT2D eigenvalue weighted by Gasteiger charge is -2.31. The zero-order valence-electron chi connectivity index (χ0n) is 43.3. The van der Waals surface area contributed by atoms with Gasteiger partial charge in [-0.05, 0) is 92.0 Å². The van der Waals surface area contributed by atoms with Gasteiger partial charge in [-0.25, -0.2) is 23.4 Å². The maximum absolute atomic E-state index is 15.1. The molecule has 6 N–H and O–H groups in total. The van der Waals surface area contributed by atoms with Crippen molar-refractivity contribution in [2.75, 3.05) is 27.3 Å². The number of nitrogens with one attached hydrogen (secondary N) is 4. The summed E-state index contributed by atoms with van der Waals surface area (Å²) in [6.45, 7) is 25.5. The van der Waals surface area contributed by atoms with E-state index in [0.29, 0.717) is 41.5 Å². The number of halogens is 2. The normalized spacial score (nSPS) is 21.4. The number of H-pyrrole nitrogens is 1. The van der Waals surface area contributed by atoms with Crippen molar-refractivity contribution in [1.29, 1.82) is 0 Å². The first kappa shape index (κ1) is 54.7. The lowest BCUT2D eigenvalue weighted by molar-refractivity contribution is -0.136. The number of hydrogen-bond donors (Lipinski definition) is 5. The molecule has 0 spiro atoms. The van der Waals surface area contributed by atoms with Crippen LogP contribution in [0.2, 0.25) is 0 Å². The minimum atomic E-state index is -1.28. The second-order valence-electron chi connectivity index (χ2n) is 19.2. The number of alkyl halides is 2. The second kappa shape index (κ2) is 23.3. The zero-order chi connectivity index (χ0) is 52.9. The van der Waals surface area contributed by atoms with Gasteiger partial charge in [0.2, 0.25) is 18.0 Å². The van der Waals surface area contributed by atoms with Crippen LogP contribution in [0.4, 0.5) is 18.4 Å². The van der Waals surface area contributed by atoms with E-state index in [9.17, 15) is 23.6 Å². The van der Waals surface area contributed by atoms with E-state index in [1.54, 1.807) is 57.5 Å². The molecule has 72 heavy (non-hydrogen) atoms. The Labute approximate surface area is 425 Å². The van der Waals surface area contributed by atoms with Gasteiger partial charge in [0, 0.05) is 40.9 Å². The lowest BCUT2D eigenvalue weighted by atomic mass is 10.0. The summed E-state index contributed by atoms with van der Waals surface area (Å²) in [5, 5.41) is 8.34. The van der Waals surface area contributed by atoms with E-state index in [-0.39, 0.29) is 37.8 Å². The van der Waals surface area contributed by atoms with Crippen LogP contribution in [0.3, 0.4) is 0 Å². The molecule has 3 aromatic heterocycles. The average molecular weight is 1020 g/mol. The molecule has 7 atom stereocenters. The highest BCUT2D eigenvalue weighted by atomic mass is 32.1. The van der Waals surface area contributed by atoms with Crippen LogP contribution < -0.4 is 21.7 Å². The van der Waals surface area contributed by atoms with E-state index in [4.69, 9.17) is 19.9 Å². The largest absolute Gasteiger partial charge is 0.464 e. The van der Waals surface area contributed by atoms with Crippen LogP contribution in [0, 0.1) is 25.7 Å². The molecule has 3 aliphatic heterocycles. The summed E-state index contributed by atoms with van der Waals surface area (Å²) < 4.78 is 48.8. The topological polar surface area (TPSA) is 198 Å². The fraction of sp³-hybridized carbons (Fsp3) is 0.491. The number of aryl methyl sites for hydroxylation is 2. The highest BCUT2D eigenvalue weighted by Crippen LogP contribution is 2.44. The number of ether oxygens (including phenoxy) is 3. The molecule has 0 bridgehead atoms. The summed E-state index contributed by atoms with van der Waals surface area (Å²) in [7, 11) is 2.44. The Morgan fingerprint density at radius 2 is 1.58 bits per heavy atom. The monoisotopic (exact) mass is 1020 g/mol. The summed E-state index contributed by atoms with van der Waals surface area (Å²) >= 11 is 1.66. The molecule has 3 aliphatic rings. The standard InChI is InChI=1S/C53H71F2N9O7S/c1-14-33(38(56)23-57-31(10)41-21-35(54)25-62(41)49(65)46(27(4)5)60-52(67)69-12)19-34-20-42-37(15-2)44(71-51(64(42)40(34)16-3)45-18-29(8)32(11)72-45)17-30(9)39-24-58-48(59-39)43-22-36(55)26-63(43)50(66)47(28(6)7)61-53(68)70-13/h15,17-20,23-24,27-28,35-36,41,43,46-47,51,57H,2,10,14,16,21-22,25-26,56H2,1,3-9,11-13H3,(H,58,59)(H,60,67)(H,61,68)/b30-17+,33-19+,38-23-/t35-,36-,41+,43+,46+,47+,51?/m1/s1. The van der Waals surface area contributed by atoms with Gasteiger partial charge in [0.05, 0.1) is 67.6 Å². The van der Waals surface area contributed by atoms with E-state index in [2.05, 4.69) is 82.6 Å². The molecule has 2 saturated heterocycles. The number of imidazole rings is 1. The van der Waals surface area contributed by atoms with Crippen LogP contribution in [0.15, 0.2) is 72.6 Å². The van der Waals surface area contributed by atoms with Gasteiger partial charge in [-0.15, -0.1) is 11.3 Å². The number of amides is 4. The van der Waals surface area contributed by atoms with E-state index in [0.717, 1.165) is 49.0 Å². The number of aromatic amines is 1. The molecule has 16 nitrogen and oxygen atoms in total. The summed E-state index contributed by atoms with van der Waals surface area (Å²) in [4.78, 5) is 64.8. The molecule has 0 aromatic carbocycles. The Morgan fingerprint density at radius 1 is 0.972 bits per heavy atom. The molecular formula is C53H71F2N9O7S. The highest BCUT2D eigenvalue weighted by Gasteiger charge is 2.43. The third-order valence-electron chi connectivity index (χ3n) is 13.6. The number of likely N-dealkylation sites (tertiary alicyclic amines) is 2. The summed E-state index contributed by atoms with van der Waals surface area (Å²) in [5.74, 6) is -0.436. The van der Waals surface area contributed by atoms with E-state index < -0.39 is 66.7 Å². The third-order valence-corrected chi connectivity index (χ3v) is 14.8. The number of hydrogen-bond acceptors (Lipinski definition) is 11. The van der Waals surface area contributed by atoms with Gasteiger partial charge in [-0.1, -0.05) is 60.8 Å². The lowest BCUT2D eigenvalue weighted by Crippen LogP contribution is -2.53. The number of nitrogens with zero attached hydrogens (tertiary/aromatic N) is 4. The van der Waals surface area contributed by atoms with Crippen LogP contribution in [0.5, 0.6) is 0 Å². The maximum Gasteiger partial charge on any atom is 0.407 e. The van der Waals surface area contributed by atoms with Gasteiger partial charge >= 0.3 is 12.2 Å². The number of thiophene rings is 1. The Bertz CT molecular complexity index is 2660. The molecule has 2 fully saturated rings. The van der Waals surface area contributed by atoms with Crippen molar-refractivity contribution < 1.29 is 42.2 Å². The number of aromatic nitrogens is 3. The predicted molar refractivity (Wildman–Crippen MR) is 276 cm³/mol. The van der Waals surface area contributed by atoms with Crippen molar-refractivity contribution in [2.45, 2.75) is 131 Å². The first-order valence-electron chi connectivity index (χ1n) is 24.4. The molecule has 6 rings (SSSR count). The molecule has 19 heteroatoms. The number of allylic oxidation sites excluding steroid dienone is 5. The zero-order valence-corrected chi connectivity index (χ0v) is 44.1. The van der Waals surface area contributed by atoms with E-state index >= 15 is 4.39 Å². The molecule has 4 amide bonds. The minimum absolute atomic E-state index is 0.0341. The smallest absolute Gasteiger partial charge is 0.407 e. The highest BCUT2D eigenvalue weighted by molar-refractivity contribution is 7.12. The van der Waals surface area contributed by atoms with E-state index in [1.165, 1.54) is 24.0 Å². The molecule has 0 saturated carbocycles. The minimum Gasteiger partial charge on any atom is -0.464 e. The van der Waals surface area contributed by atoms with Crippen LogP contribution in [-0.4, -0.2) is 106 Å². The van der Waals surface area contributed by atoms with Gasteiger partial charge in [-0.3, -0.25) is 9.59 Å². The van der Waals surface area contributed by atoms with Crippen molar-refractivity contribution in [3.63, 3.8) is 0 Å². The molecule has 0 radical (unpaired) electrons. The predicted octanol–water partition coefficient (Wildman–Crippen LogP) is 9.04. The van der Waals surface area contributed by atoms with Gasteiger partial charge in [-0.2, -0.15) is 0 Å². The van der Waals surface area contributed by atoms with Gasteiger partial charge < -0.3 is 55.2 Å². The van der Waals surface area contributed by atoms with Crippen LogP contribution in [0.1, 0.15) is 124 Å². The summed E-state index contributed by atoms with van der Waals surface area (Å²) in [6, 6.07) is 1.03. The fourth-order valence-electron chi connectivity index (χ4n) is 9.47. The maximum atomic E-state index is 15.1. The van der Waals surface area contributed by atoms with Crippen molar-refractivity contribution in [1.82, 2.24) is 40.3 Å². The quantitative estimate of drug-likeness (QED) is 0.0767. The first-order valence-corrected chi connectivity index (χ1v) is 25.3. The molecular weight excluding hydrogens is 945 g/mol. The van der Waals surface area contributed by atoms with E-state index in [1.807, 2.05) is 19.9 Å². The Balaban J connectivity index is 1.32. The average Bonchev–Trinajstić information content (AvgIpc) is 4.20. The SMILES string of the molecule is C=CC1=C(/C=C(\C)c2cnc([C@@H]3C[C@@H](F)CN3C(=O)[C@@H](NC(=O)OC)C(C)C)[nH]2)OC(c2cc(C)c(C)s2)n2c1cc(/C=C(CC)/C(N)=C/NC(=C)[C@@H]1C[C@@H](F)CN1C(=O)[C@@H](NC(=O)OC)C(C)C)c2CC. The Kier molecular flexibility index (Phi) is 17.7. The molecule has 390 valence electrons. The summed E-state index contributed by atoms with van der Waals surface area (Å²) in [5.41, 5.74) is 14.5. The molecule has 0 aliphatic carbocycles. The Hall–Kier alpha value is -6.63. The fourth-order valence-corrected chi connectivity index (χ4v) is 10.5. The number of alkyl carbamates (subject to hydrolysis) is 2. The molecule has 3 aromatic rings. The van der Waals surface area contributed by atoms with Crippen molar-refractivity contribution in [2.24, 2.45) is 17.6 Å². The van der Waals surface area contributed by atoms with Crippen molar-refractivity contribution in [3.8, 4) is 0 Å². The number of nitrogens with two attached hydrogens (primary N) is 1. The number of fused-ring (bicyclic) bond motifs is 1. The van der Waals surface area contributed by atoms with Crippen molar-refractivity contribution >= 4 is 52.6 Å². The summed E-state index contributed by atoms with van der Waals surface area (Å²) in [6.07, 6.45) is 5.70. The Morgan fingerprint density at radius 3 is 2.14 bits per heavy atom. The third kappa shape index (κ3) is 11.7. The van der Waals surface area contributed by atoms with Crippen LogP contribution in [0.25, 0.3) is 17.2 Å². The number of rotatable bonds is 18. The second-order valence-corrected chi connectivity index (χ2v) is 20.5. The first-order chi connectivity index (χ1) is 34.2. The number of carbonyl (C=O) groups is 4. The molecule has 1 unspecified atom stereocenters. The van der Waals surface area contributed by atoms with Gasteiger partial charge in [0.15, 0.2) is 0 Å². The van der Waals surface area contributed by atoms with Crippen LogP contribution in [-0.2, 0) is 30.2 Å². The van der Waals surface area contributed by atoms with Gasteiger partial charge in [0.1, 0.15) is 36.0 Å². The number of carbonyl (C=O) groups excluding carboxylic acids is 4. The van der Waals surface area contributed by atoms with Crippen LogP contribution >= 0.6 is 11.3 Å². The molecule has 6 heterocycles. The number of methoxy groups -OCH3 is 2. The van der Waals surface area contributed by atoms with Gasteiger partial charge in [0.25, 0.3) is 0 Å². The van der Waals surface area contributed by atoms with Crippen molar-refractivity contribution in [3.05, 3.63) is 116 Å².